The first kappa shape index (κ1) is 14.9. The minimum atomic E-state index is -0.489. The molecule has 0 aliphatic carbocycles. The van der Waals surface area contributed by atoms with Crippen molar-refractivity contribution in [3.8, 4) is 5.75 Å². The standard InChI is InChI=1S/C12H16N2O5/c1-18-11-4-3-9(7-10(11)14(16)17)8-13-6-5-12(15)19-2/h3-4,7,13H,5-6,8H2,1-2H3. The molecule has 1 aromatic carbocycles. The van der Waals surface area contributed by atoms with Gasteiger partial charge in [-0.15, -0.1) is 0 Å². The van der Waals surface area contributed by atoms with E-state index in [1.54, 1.807) is 12.1 Å². The SMILES string of the molecule is COC(=O)CCNCc1ccc(OC)c([N+](=O)[O-])c1. The Bertz CT molecular complexity index is 461. The van der Waals surface area contributed by atoms with Crippen molar-refractivity contribution in [2.45, 2.75) is 13.0 Å². The molecule has 0 aliphatic rings. The maximum Gasteiger partial charge on any atom is 0.311 e. The minimum absolute atomic E-state index is 0.0743. The molecule has 7 heteroatoms. The third-order valence-corrected chi connectivity index (χ3v) is 2.50. The minimum Gasteiger partial charge on any atom is -0.490 e. The van der Waals surface area contributed by atoms with Crippen molar-refractivity contribution >= 4 is 11.7 Å². The monoisotopic (exact) mass is 268 g/mol. The highest BCUT2D eigenvalue weighted by molar-refractivity contribution is 5.69. The lowest BCUT2D eigenvalue weighted by Crippen LogP contribution is -2.18. The fraction of sp³-hybridized carbons (Fsp3) is 0.417. The Morgan fingerprint density at radius 2 is 2.16 bits per heavy atom. The van der Waals surface area contributed by atoms with E-state index >= 15 is 0 Å². The van der Waals surface area contributed by atoms with Gasteiger partial charge in [-0.3, -0.25) is 14.9 Å². The van der Waals surface area contributed by atoms with Crippen LogP contribution in [0.15, 0.2) is 18.2 Å². The topological polar surface area (TPSA) is 90.7 Å². The first-order valence-corrected chi connectivity index (χ1v) is 5.67. The lowest BCUT2D eigenvalue weighted by Gasteiger charge is -2.06. The summed E-state index contributed by atoms with van der Waals surface area (Å²) in [5.41, 5.74) is 0.673. The van der Waals surface area contributed by atoms with Gasteiger partial charge in [0.25, 0.3) is 0 Å². The Kier molecular flexibility index (Phi) is 5.74. The highest BCUT2D eigenvalue weighted by Gasteiger charge is 2.14. The summed E-state index contributed by atoms with van der Waals surface area (Å²) in [6, 6.07) is 4.73. The molecule has 0 spiro atoms. The highest BCUT2D eigenvalue weighted by atomic mass is 16.6. The fourth-order valence-electron chi connectivity index (χ4n) is 1.51. The van der Waals surface area contributed by atoms with E-state index in [2.05, 4.69) is 10.1 Å². The normalized spacial score (nSPS) is 10.0. The van der Waals surface area contributed by atoms with Crippen LogP contribution in [0, 0.1) is 10.1 Å². The molecule has 7 nitrogen and oxygen atoms in total. The molecule has 0 fully saturated rings. The van der Waals surface area contributed by atoms with Gasteiger partial charge in [0.05, 0.1) is 25.6 Å². The molecule has 0 atom stereocenters. The molecule has 0 radical (unpaired) electrons. The maximum atomic E-state index is 10.9. The predicted molar refractivity (Wildman–Crippen MR) is 68.0 cm³/mol. The van der Waals surface area contributed by atoms with Crippen LogP contribution in [-0.4, -0.2) is 31.7 Å². The quantitative estimate of drug-likeness (QED) is 0.346. The van der Waals surface area contributed by atoms with Gasteiger partial charge in [-0.1, -0.05) is 6.07 Å². The molecular formula is C12H16N2O5. The molecule has 0 aliphatic heterocycles. The molecule has 0 bridgehead atoms. The molecule has 0 heterocycles. The van der Waals surface area contributed by atoms with Crippen molar-refractivity contribution in [3.63, 3.8) is 0 Å². The van der Waals surface area contributed by atoms with E-state index in [0.717, 1.165) is 5.56 Å². The Labute approximate surface area is 110 Å². The average Bonchev–Trinajstić information content (AvgIpc) is 2.42. The van der Waals surface area contributed by atoms with E-state index in [0.29, 0.717) is 13.1 Å². The van der Waals surface area contributed by atoms with Gasteiger partial charge in [-0.2, -0.15) is 0 Å². The summed E-state index contributed by atoms with van der Waals surface area (Å²) in [7, 11) is 2.71. The summed E-state index contributed by atoms with van der Waals surface area (Å²) in [5, 5.41) is 13.8. The van der Waals surface area contributed by atoms with Gasteiger partial charge in [-0.05, 0) is 11.6 Å². The summed E-state index contributed by atoms with van der Waals surface area (Å²) in [5.74, 6) is -0.0727. The van der Waals surface area contributed by atoms with Gasteiger partial charge >= 0.3 is 11.7 Å². The summed E-state index contributed by atoms with van der Waals surface area (Å²) in [6.07, 6.45) is 0.259. The van der Waals surface area contributed by atoms with Crippen molar-refractivity contribution in [2.75, 3.05) is 20.8 Å². The van der Waals surface area contributed by atoms with E-state index in [4.69, 9.17) is 4.74 Å². The Hall–Kier alpha value is -2.15. The van der Waals surface area contributed by atoms with E-state index in [-0.39, 0.29) is 23.8 Å². The van der Waals surface area contributed by atoms with Gasteiger partial charge in [0.15, 0.2) is 5.75 Å². The third-order valence-electron chi connectivity index (χ3n) is 2.50. The van der Waals surface area contributed by atoms with Crippen molar-refractivity contribution in [3.05, 3.63) is 33.9 Å². The highest BCUT2D eigenvalue weighted by Crippen LogP contribution is 2.27. The van der Waals surface area contributed by atoms with Gasteiger partial charge < -0.3 is 14.8 Å². The molecule has 1 rings (SSSR count). The molecule has 0 amide bonds. The van der Waals surface area contributed by atoms with Crippen LogP contribution in [0.1, 0.15) is 12.0 Å². The second-order valence-corrected chi connectivity index (χ2v) is 3.77. The molecule has 1 aromatic rings. The van der Waals surface area contributed by atoms with Crippen LogP contribution in [0.5, 0.6) is 5.75 Å². The van der Waals surface area contributed by atoms with Crippen molar-refractivity contribution in [2.24, 2.45) is 0 Å². The van der Waals surface area contributed by atoms with E-state index in [9.17, 15) is 14.9 Å². The molecule has 1 N–H and O–H groups in total. The van der Waals surface area contributed by atoms with Crippen LogP contribution in [0.2, 0.25) is 0 Å². The largest absolute Gasteiger partial charge is 0.490 e. The number of hydrogen-bond acceptors (Lipinski definition) is 6. The Morgan fingerprint density at radius 1 is 1.42 bits per heavy atom. The van der Waals surface area contributed by atoms with Crippen LogP contribution in [0.25, 0.3) is 0 Å². The summed E-state index contributed by atoms with van der Waals surface area (Å²) in [4.78, 5) is 21.2. The maximum absolute atomic E-state index is 10.9. The zero-order valence-electron chi connectivity index (χ0n) is 10.8. The number of carbonyl (C=O) groups excluding carboxylic acids is 1. The van der Waals surface area contributed by atoms with Crippen molar-refractivity contribution in [1.82, 2.24) is 5.32 Å². The molecule has 0 aromatic heterocycles. The van der Waals surface area contributed by atoms with Crippen LogP contribution in [0.3, 0.4) is 0 Å². The first-order valence-electron chi connectivity index (χ1n) is 5.67. The van der Waals surface area contributed by atoms with Gasteiger partial charge in [0.1, 0.15) is 0 Å². The second-order valence-electron chi connectivity index (χ2n) is 3.77. The van der Waals surface area contributed by atoms with E-state index in [1.165, 1.54) is 20.3 Å². The van der Waals surface area contributed by atoms with Gasteiger partial charge in [0, 0.05) is 19.2 Å². The number of nitrogens with one attached hydrogen (secondary N) is 1. The number of ether oxygens (including phenoxy) is 2. The number of benzene rings is 1. The van der Waals surface area contributed by atoms with Crippen LogP contribution in [0.4, 0.5) is 5.69 Å². The van der Waals surface area contributed by atoms with Crippen molar-refractivity contribution in [1.29, 1.82) is 0 Å². The van der Waals surface area contributed by atoms with Gasteiger partial charge in [0.2, 0.25) is 0 Å². The lowest BCUT2D eigenvalue weighted by molar-refractivity contribution is -0.385. The number of carbonyl (C=O) groups is 1. The second kappa shape index (κ2) is 7.32. The molecule has 0 unspecified atom stereocenters. The molecule has 19 heavy (non-hydrogen) atoms. The number of nitrogens with zero attached hydrogens (tertiary/aromatic N) is 1. The van der Waals surface area contributed by atoms with Crippen molar-refractivity contribution < 1.29 is 19.2 Å². The number of rotatable bonds is 7. The Morgan fingerprint density at radius 3 is 2.74 bits per heavy atom. The van der Waals surface area contributed by atoms with Crippen LogP contribution >= 0.6 is 0 Å². The zero-order chi connectivity index (χ0) is 14.3. The van der Waals surface area contributed by atoms with E-state index < -0.39 is 4.92 Å². The fourth-order valence-corrected chi connectivity index (χ4v) is 1.51. The summed E-state index contributed by atoms with van der Waals surface area (Å²) >= 11 is 0. The summed E-state index contributed by atoms with van der Waals surface area (Å²) < 4.78 is 9.41. The molecule has 0 saturated heterocycles. The van der Waals surface area contributed by atoms with Crippen LogP contribution < -0.4 is 10.1 Å². The number of nitro benzene ring substituents is 1. The summed E-state index contributed by atoms with van der Waals surface area (Å²) in [6.45, 7) is 0.883. The van der Waals surface area contributed by atoms with E-state index in [1.807, 2.05) is 0 Å². The predicted octanol–water partition coefficient (Wildman–Crippen LogP) is 1.26. The lowest BCUT2D eigenvalue weighted by atomic mass is 10.2. The zero-order valence-corrected chi connectivity index (χ0v) is 10.8. The first-order chi connectivity index (χ1) is 9.08. The number of esters is 1. The average molecular weight is 268 g/mol. The molecular weight excluding hydrogens is 252 g/mol. The smallest absolute Gasteiger partial charge is 0.311 e. The molecule has 104 valence electrons. The number of hydrogen-bond donors (Lipinski definition) is 1. The van der Waals surface area contributed by atoms with Crippen LogP contribution in [-0.2, 0) is 16.1 Å². The van der Waals surface area contributed by atoms with Gasteiger partial charge in [-0.25, -0.2) is 0 Å². The molecule has 0 saturated carbocycles. The number of methoxy groups -OCH3 is 2. The number of nitro groups is 1. The third kappa shape index (κ3) is 4.55. The Balaban J connectivity index is 2.57.